The molecule has 6 heteroatoms. The van der Waals surface area contributed by atoms with Crippen molar-refractivity contribution in [1.29, 1.82) is 0 Å². The van der Waals surface area contributed by atoms with Gasteiger partial charge in [0.05, 0.1) is 22.2 Å². The molecule has 3 nitrogen and oxygen atoms in total. The zero-order valence-electron chi connectivity index (χ0n) is 7.48. The molecule has 0 N–H and O–H groups in total. The van der Waals surface area contributed by atoms with E-state index >= 15 is 0 Å². The Morgan fingerprint density at radius 1 is 1.47 bits per heavy atom. The van der Waals surface area contributed by atoms with Crippen molar-refractivity contribution in [3.05, 3.63) is 48.1 Å². The summed E-state index contributed by atoms with van der Waals surface area (Å²) in [4.78, 5) is 15.9. The van der Waals surface area contributed by atoms with Crippen LogP contribution in [0.15, 0.2) is 36.9 Å². The first-order chi connectivity index (χ1) is 7.16. The fourth-order valence-electron chi connectivity index (χ4n) is 1.17. The minimum atomic E-state index is -0.0498. The molecule has 2 aromatic rings. The second kappa shape index (κ2) is 4.59. The molecule has 0 amide bonds. The van der Waals surface area contributed by atoms with Crippen molar-refractivity contribution in [3.8, 4) is 0 Å². The highest BCUT2D eigenvalue weighted by molar-refractivity contribution is 9.11. The summed E-state index contributed by atoms with van der Waals surface area (Å²) in [5, 5.41) is 1.93. The van der Waals surface area contributed by atoms with Crippen LogP contribution in [0.4, 0.5) is 0 Å². The molecule has 2 aromatic heterocycles. The first-order valence-corrected chi connectivity index (χ1v) is 6.62. The zero-order chi connectivity index (χ0) is 10.8. The smallest absolute Gasteiger partial charge is 0.265 e. The van der Waals surface area contributed by atoms with Crippen molar-refractivity contribution in [1.82, 2.24) is 9.55 Å². The van der Waals surface area contributed by atoms with Crippen LogP contribution in [0.5, 0.6) is 0 Å². The molecule has 15 heavy (non-hydrogen) atoms. The Labute approximate surface area is 107 Å². The van der Waals surface area contributed by atoms with Crippen LogP contribution in [0, 0.1) is 0 Å². The van der Waals surface area contributed by atoms with E-state index in [1.54, 1.807) is 22.3 Å². The second-order valence-electron chi connectivity index (χ2n) is 2.92. The molecule has 0 fully saturated rings. The van der Waals surface area contributed by atoms with E-state index in [0.717, 1.165) is 10.2 Å². The Hall–Kier alpha value is -0.460. The normalized spacial score (nSPS) is 10.5. The van der Waals surface area contributed by atoms with Gasteiger partial charge < -0.3 is 4.57 Å². The Morgan fingerprint density at radius 3 is 2.93 bits per heavy atom. The van der Waals surface area contributed by atoms with Gasteiger partial charge in [0.1, 0.15) is 0 Å². The van der Waals surface area contributed by atoms with Crippen LogP contribution in [-0.4, -0.2) is 9.55 Å². The summed E-state index contributed by atoms with van der Waals surface area (Å²) >= 11 is 8.09. The third-order valence-corrected chi connectivity index (χ3v) is 3.46. The van der Waals surface area contributed by atoms with E-state index in [-0.39, 0.29) is 5.56 Å². The van der Waals surface area contributed by atoms with E-state index in [9.17, 15) is 4.79 Å². The molecule has 0 aliphatic heterocycles. The quantitative estimate of drug-likeness (QED) is 0.835. The summed E-state index contributed by atoms with van der Waals surface area (Å²) in [6.07, 6.45) is 1.76. The number of aromatic nitrogens is 2. The van der Waals surface area contributed by atoms with E-state index in [1.807, 2.05) is 5.38 Å². The largest absolute Gasteiger partial charge is 0.307 e. The summed E-state index contributed by atoms with van der Waals surface area (Å²) < 4.78 is 3.03. The van der Waals surface area contributed by atoms with Gasteiger partial charge in [-0.25, -0.2) is 4.98 Å². The molecular weight excluding hydrogens is 344 g/mol. The second-order valence-corrected chi connectivity index (χ2v) is 5.41. The minimum absolute atomic E-state index is 0.0498. The highest BCUT2D eigenvalue weighted by atomic mass is 79.9. The molecule has 0 spiro atoms. The first kappa shape index (κ1) is 11.0. The molecule has 0 saturated carbocycles. The average molecular weight is 350 g/mol. The van der Waals surface area contributed by atoms with Crippen LogP contribution in [0.3, 0.4) is 0 Å². The molecule has 0 aliphatic rings. The van der Waals surface area contributed by atoms with E-state index in [1.165, 1.54) is 11.3 Å². The lowest BCUT2D eigenvalue weighted by molar-refractivity contribution is 0.737. The van der Waals surface area contributed by atoms with Crippen molar-refractivity contribution >= 4 is 43.2 Å². The van der Waals surface area contributed by atoms with E-state index in [2.05, 4.69) is 36.8 Å². The summed E-state index contributed by atoms with van der Waals surface area (Å²) in [6.45, 7) is 0.500. The summed E-state index contributed by atoms with van der Waals surface area (Å²) in [7, 11) is 0. The number of hydrogen-bond acceptors (Lipinski definition) is 3. The molecule has 0 radical (unpaired) electrons. The van der Waals surface area contributed by atoms with E-state index < -0.39 is 0 Å². The van der Waals surface area contributed by atoms with E-state index in [4.69, 9.17) is 0 Å². The molecule has 78 valence electrons. The molecule has 0 atom stereocenters. The Morgan fingerprint density at radius 2 is 2.27 bits per heavy atom. The van der Waals surface area contributed by atoms with Gasteiger partial charge in [-0.3, -0.25) is 4.79 Å². The third kappa shape index (κ3) is 2.56. The number of thiazole rings is 1. The number of halogens is 2. The van der Waals surface area contributed by atoms with Gasteiger partial charge in [-0.2, -0.15) is 0 Å². The maximum atomic E-state index is 11.7. The Bertz CT molecular complexity index is 521. The maximum Gasteiger partial charge on any atom is 0.265 e. The fourth-order valence-corrected chi connectivity index (χ4v) is 2.98. The van der Waals surface area contributed by atoms with Gasteiger partial charge in [0.15, 0.2) is 0 Å². The molecule has 2 heterocycles. The lowest BCUT2D eigenvalue weighted by Crippen LogP contribution is -2.20. The van der Waals surface area contributed by atoms with Crippen LogP contribution in [0.1, 0.15) is 5.69 Å². The Balaban J connectivity index is 2.41. The van der Waals surface area contributed by atoms with Crippen molar-refractivity contribution in [2.75, 3.05) is 0 Å². The SMILES string of the molecule is O=c1c(Br)cc(Br)cn1Cc1cscn1. The summed E-state index contributed by atoms with van der Waals surface area (Å²) in [6, 6.07) is 1.74. The third-order valence-electron chi connectivity index (χ3n) is 1.82. The number of nitrogens with zero attached hydrogens (tertiary/aromatic N) is 2. The van der Waals surface area contributed by atoms with E-state index in [0.29, 0.717) is 11.0 Å². The lowest BCUT2D eigenvalue weighted by atomic mass is 10.4. The number of pyridine rings is 1. The standard InChI is InChI=1S/C9H6Br2N2OS/c10-6-1-8(11)9(14)13(2-6)3-7-4-15-5-12-7/h1-2,4-5H,3H2. The monoisotopic (exact) mass is 348 g/mol. The maximum absolute atomic E-state index is 11.7. The Kier molecular flexibility index (Phi) is 3.38. The first-order valence-electron chi connectivity index (χ1n) is 4.09. The summed E-state index contributed by atoms with van der Waals surface area (Å²) in [5.74, 6) is 0. The lowest BCUT2D eigenvalue weighted by Gasteiger charge is -2.04. The molecule has 0 aliphatic carbocycles. The van der Waals surface area contributed by atoms with Gasteiger partial charge in [0.25, 0.3) is 5.56 Å². The predicted octanol–water partition coefficient (Wildman–Crippen LogP) is 2.88. The topological polar surface area (TPSA) is 34.9 Å². The summed E-state index contributed by atoms with van der Waals surface area (Å²) in [5.41, 5.74) is 2.60. The van der Waals surface area contributed by atoms with Crippen molar-refractivity contribution < 1.29 is 0 Å². The molecule has 0 bridgehead atoms. The van der Waals surface area contributed by atoms with Crippen LogP contribution in [-0.2, 0) is 6.54 Å². The molecule has 0 aromatic carbocycles. The van der Waals surface area contributed by atoms with Gasteiger partial charge in [-0.05, 0) is 37.9 Å². The molecule has 2 rings (SSSR count). The van der Waals surface area contributed by atoms with Gasteiger partial charge in [0, 0.05) is 16.0 Å². The van der Waals surface area contributed by atoms with Crippen LogP contribution >= 0.6 is 43.2 Å². The molecule has 0 unspecified atom stereocenters. The zero-order valence-corrected chi connectivity index (χ0v) is 11.5. The fraction of sp³-hybridized carbons (Fsp3) is 0.111. The number of hydrogen-bond donors (Lipinski definition) is 0. The molecular formula is C9H6Br2N2OS. The van der Waals surface area contributed by atoms with Crippen molar-refractivity contribution in [3.63, 3.8) is 0 Å². The van der Waals surface area contributed by atoms with Gasteiger partial charge in [-0.1, -0.05) is 0 Å². The predicted molar refractivity (Wildman–Crippen MR) is 67.3 cm³/mol. The van der Waals surface area contributed by atoms with Crippen molar-refractivity contribution in [2.24, 2.45) is 0 Å². The van der Waals surface area contributed by atoms with Gasteiger partial charge >= 0.3 is 0 Å². The number of rotatable bonds is 2. The van der Waals surface area contributed by atoms with Gasteiger partial charge in [0.2, 0.25) is 0 Å². The minimum Gasteiger partial charge on any atom is -0.307 e. The van der Waals surface area contributed by atoms with Crippen LogP contribution < -0.4 is 5.56 Å². The van der Waals surface area contributed by atoms with Crippen molar-refractivity contribution in [2.45, 2.75) is 6.54 Å². The highest BCUT2D eigenvalue weighted by Gasteiger charge is 2.04. The van der Waals surface area contributed by atoms with Crippen LogP contribution in [0.2, 0.25) is 0 Å². The highest BCUT2D eigenvalue weighted by Crippen LogP contribution is 2.13. The van der Waals surface area contributed by atoms with Gasteiger partial charge in [-0.15, -0.1) is 11.3 Å². The van der Waals surface area contributed by atoms with Crippen LogP contribution in [0.25, 0.3) is 0 Å². The molecule has 0 saturated heterocycles. The average Bonchev–Trinajstić information content (AvgIpc) is 2.66.